The first kappa shape index (κ1) is 13.8. The highest BCUT2D eigenvalue weighted by Crippen LogP contribution is 2.26. The minimum atomic E-state index is -0.129. The van der Waals surface area contributed by atoms with E-state index in [9.17, 15) is 4.79 Å². The molecule has 0 saturated heterocycles. The van der Waals surface area contributed by atoms with Crippen LogP contribution in [0.2, 0.25) is 0 Å². The van der Waals surface area contributed by atoms with Crippen LogP contribution in [0.1, 0.15) is 20.8 Å². The molecule has 2 rings (SSSR count). The molecule has 0 aliphatic carbocycles. The molecule has 19 heavy (non-hydrogen) atoms. The van der Waals surface area contributed by atoms with Crippen molar-refractivity contribution in [3.05, 3.63) is 24.3 Å². The standard InChI is InChI=1S/C14H17N3OS/c1-4-15-13-11-7-5-6-8-12(11)16-14(17-13)19-10(3)9(2)18/h5-8,10H,4H2,1-3H3,(H,15,16,17)/t10-/m1/s1. The Kier molecular flexibility index (Phi) is 4.37. The molecule has 1 atom stereocenters. The number of para-hydroxylation sites is 1. The minimum Gasteiger partial charge on any atom is -0.370 e. The summed E-state index contributed by atoms with van der Waals surface area (Å²) >= 11 is 1.39. The van der Waals surface area contributed by atoms with E-state index in [0.717, 1.165) is 23.3 Å². The molecule has 1 aromatic heterocycles. The Morgan fingerprint density at radius 3 is 2.79 bits per heavy atom. The van der Waals surface area contributed by atoms with Gasteiger partial charge in [0.2, 0.25) is 0 Å². The quantitative estimate of drug-likeness (QED) is 0.671. The highest BCUT2D eigenvalue weighted by atomic mass is 32.2. The number of anilines is 1. The SMILES string of the molecule is CCNc1nc(S[C@H](C)C(C)=O)nc2ccccc12. The smallest absolute Gasteiger partial charge is 0.190 e. The second-order valence-corrected chi connectivity index (χ2v) is 5.58. The number of hydrogen-bond donors (Lipinski definition) is 1. The molecule has 0 saturated carbocycles. The first-order valence-corrected chi connectivity index (χ1v) is 7.17. The Hall–Kier alpha value is -1.62. The van der Waals surface area contributed by atoms with Gasteiger partial charge in [-0.3, -0.25) is 4.79 Å². The van der Waals surface area contributed by atoms with Crippen LogP contribution in [-0.4, -0.2) is 27.5 Å². The first-order valence-electron chi connectivity index (χ1n) is 6.29. The summed E-state index contributed by atoms with van der Waals surface area (Å²) in [6.07, 6.45) is 0. The van der Waals surface area contributed by atoms with Crippen molar-refractivity contribution in [2.24, 2.45) is 0 Å². The van der Waals surface area contributed by atoms with Crippen molar-refractivity contribution in [2.75, 3.05) is 11.9 Å². The molecule has 5 heteroatoms. The van der Waals surface area contributed by atoms with E-state index in [1.54, 1.807) is 6.92 Å². The third-order valence-electron chi connectivity index (χ3n) is 2.78. The third-order valence-corrected chi connectivity index (χ3v) is 3.86. The van der Waals surface area contributed by atoms with Gasteiger partial charge in [0.1, 0.15) is 11.6 Å². The number of nitrogens with zero attached hydrogens (tertiary/aromatic N) is 2. The third kappa shape index (κ3) is 3.23. The van der Waals surface area contributed by atoms with Crippen LogP contribution in [0.15, 0.2) is 29.4 Å². The number of hydrogen-bond acceptors (Lipinski definition) is 5. The molecule has 1 aromatic carbocycles. The molecule has 0 radical (unpaired) electrons. The zero-order valence-corrected chi connectivity index (χ0v) is 12.1. The van der Waals surface area contributed by atoms with Gasteiger partial charge >= 0.3 is 0 Å². The number of ketones is 1. The van der Waals surface area contributed by atoms with Gasteiger partial charge in [-0.05, 0) is 32.9 Å². The number of carbonyl (C=O) groups is 1. The van der Waals surface area contributed by atoms with Crippen LogP contribution in [-0.2, 0) is 4.79 Å². The summed E-state index contributed by atoms with van der Waals surface area (Å²) in [5, 5.41) is 4.76. The number of aromatic nitrogens is 2. The highest BCUT2D eigenvalue weighted by Gasteiger charge is 2.13. The van der Waals surface area contributed by atoms with Gasteiger partial charge in [0.25, 0.3) is 0 Å². The van der Waals surface area contributed by atoms with Gasteiger partial charge in [0.05, 0.1) is 10.8 Å². The van der Waals surface area contributed by atoms with Crippen LogP contribution >= 0.6 is 11.8 Å². The number of carbonyl (C=O) groups excluding carboxylic acids is 1. The average molecular weight is 275 g/mol. The second kappa shape index (κ2) is 6.02. The van der Waals surface area contributed by atoms with E-state index in [0.29, 0.717) is 5.16 Å². The Morgan fingerprint density at radius 1 is 1.37 bits per heavy atom. The molecule has 0 unspecified atom stereocenters. The van der Waals surface area contributed by atoms with E-state index in [-0.39, 0.29) is 11.0 Å². The van der Waals surface area contributed by atoms with Gasteiger partial charge in [0, 0.05) is 11.9 Å². The fourth-order valence-corrected chi connectivity index (χ4v) is 2.43. The predicted octanol–water partition coefficient (Wildman–Crippen LogP) is 3.13. The molecule has 2 aromatic rings. The predicted molar refractivity (Wildman–Crippen MR) is 79.7 cm³/mol. The number of nitrogens with one attached hydrogen (secondary N) is 1. The van der Waals surface area contributed by atoms with Gasteiger partial charge in [-0.1, -0.05) is 23.9 Å². The van der Waals surface area contributed by atoms with Crippen molar-refractivity contribution < 1.29 is 4.79 Å². The lowest BCUT2D eigenvalue weighted by Crippen LogP contribution is -2.10. The van der Waals surface area contributed by atoms with Crippen LogP contribution in [0.5, 0.6) is 0 Å². The Morgan fingerprint density at radius 2 is 2.11 bits per heavy atom. The van der Waals surface area contributed by atoms with Gasteiger partial charge < -0.3 is 5.32 Å². The van der Waals surface area contributed by atoms with E-state index in [1.165, 1.54) is 11.8 Å². The lowest BCUT2D eigenvalue weighted by molar-refractivity contribution is -0.116. The Balaban J connectivity index is 2.42. The summed E-state index contributed by atoms with van der Waals surface area (Å²) in [5.74, 6) is 0.957. The van der Waals surface area contributed by atoms with Crippen LogP contribution in [0.3, 0.4) is 0 Å². The van der Waals surface area contributed by atoms with Gasteiger partial charge in [-0.25, -0.2) is 9.97 Å². The summed E-state index contributed by atoms with van der Waals surface area (Å²) in [4.78, 5) is 20.3. The Labute approximate surface area is 117 Å². The molecule has 4 nitrogen and oxygen atoms in total. The summed E-state index contributed by atoms with van der Waals surface area (Å²) in [5.41, 5.74) is 0.895. The molecular formula is C14H17N3OS. The highest BCUT2D eigenvalue weighted by molar-refractivity contribution is 8.00. The zero-order chi connectivity index (χ0) is 13.8. The lowest BCUT2D eigenvalue weighted by Gasteiger charge is -2.10. The van der Waals surface area contributed by atoms with Crippen molar-refractivity contribution in [1.29, 1.82) is 0 Å². The maximum absolute atomic E-state index is 11.3. The van der Waals surface area contributed by atoms with Crippen molar-refractivity contribution in [3.8, 4) is 0 Å². The number of benzene rings is 1. The average Bonchev–Trinajstić information content (AvgIpc) is 2.39. The topological polar surface area (TPSA) is 54.9 Å². The molecule has 0 aliphatic heterocycles. The summed E-state index contributed by atoms with van der Waals surface area (Å²) in [6.45, 7) is 6.29. The van der Waals surface area contributed by atoms with E-state index >= 15 is 0 Å². The van der Waals surface area contributed by atoms with Crippen LogP contribution in [0.25, 0.3) is 10.9 Å². The van der Waals surface area contributed by atoms with E-state index in [1.807, 2.05) is 38.1 Å². The molecule has 1 N–H and O–H groups in total. The normalized spacial score (nSPS) is 12.4. The molecule has 0 aliphatic rings. The molecule has 0 fully saturated rings. The molecule has 0 spiro atoms. The number of rotatable bonds is 5. The molecule has 100 valence electrons. The maximum atomic E-state index is 11.3. The van der Waals surface area contributed by atoms with E-state index in [4.69, 9.17) is 0 Å². The molecule has 0 bridgehead atoms. The maximum Gasteiger partial charge on any atom is 0.190 e. The summed E-state index contributed by atoms with van der Waals surface area (Å²) in [6, 6.07) is 7.88. The lowest BCUT2D eigenvalue weighted by atomic mass is 10.2. The first-order chi connectivity index (χ1) is 9.11. The van der Waals surface area contributed by atoms with Crippen LogP contribution in [0.4, 0.5) is 5.82 Å². The number of fused-ring (bicyclic) bond motifs is 1. The summed E-state index contributed by atoms with van der Waals surface area (Å²) < 4.78 is 0. The van der Waals surface area contributed by atoms with E-state index < -0.39 is 0 Å². The van der Waals surface area contributed by atoms with Gasteiger partial charge in [-0.15, -0.1) is 0 Å². The zero-order valence-electron chi connectivity index (χ0n) is 11.3. The van der Waals surface area contributed by atoms with Gasteiger partial charge in [0.15, 0.2) is 5.16 Å². The van der Waals surface area contributed by atoms with Crippen molar-refractivity contribution in [3.63, 3.8) is 0 Å². The number of Topliss-reactive ketones (excluding diaryl/α,β-unsaturated/α-hetero) is 1. The van der Waals surface area contributed by atoms with E-state index in [2.05, 4.69) is 15.3 Å². The number of thioether (sulfide) groups is 1. The van der Waals surface area contributed by atoms with Crippen molar-refractivity contribution in [2.45, 2.75) is 31.2 Å². The summed E-state index contributed by atoms with van der Waals surface area (Å²) in [7, 11) is 0. The largest absolute Gasteiger partial charge is 0.370 e. The molecular weight excluding hydrogens is 258 g/mol. The second-order valence-electron chi connectivity index (χ2n) is 4.27. The van der Waals surface area contributed by atoms with Crippen LogP contribution in [0, 0.1) is 0 Å². The fraction of sp³-hybridized carbons (Fsp3) is 0.357. The van der Waals surface area contributed by atoms with Crippen molar-refractivity contribution in [1.82, 2.24) is 9.97 Å². The van der Waals surface area contributed by atoms with Crippen LogP contribution < -0.4 is 5.32 Å². The Bertz CT molecular complexity index is 600. The van der Waals surface area contributed by atoms with Crippen molar-refractivity contribution >= 4 is 34.3 Å². The molecule has 0 amide bonds. The minimum absolute atomic E-state index is 0.129. The molecule has 1 heterocycles. The van der Waals surface area contributed by atoms with Gasteiger partial charge in [-0.2, -0.15) is 0 Å². The monoisotopic (exact) mass is 275 g/mol. The fourth-order valence-electron chi connectivity index (χ4n) is 1.65.